The number of amides is 2. The maximum Gasteiger partial charge on any atom is 0.268 e. The molecule has 1 atom stereocenters. The molecule has 0 aromatic heterocycles. The Labute approximate surface area is 147 Å². The first kappa shape index (κ1) is 17.0. The van der Waals surface area contributed by atoms with Crippen molar-refractivity contribution >= 4 is 23.2 Å². The van der Waals surface area contributed by atoms with Crippen molar-refractivity contribution in [2.24, 2.45) is 0 Å². The Bertz CT molecular complexity index is 788. The van der Waals surface area contributed by atoms with E-state index in [0.717, 1.165) is 16.9 Å². The zero-order valence-electron chi connectivity index (χ0n) is 14.5. The molecule has 1 aliphatic rings. The predicted octanol–water partition coefficient (Wildman–Crippen LogP) is 3.53. The number of fused-ring (bicyclic) bond motifs is 1. The molecule has 5 heteroatoms. The van der Waals surface area contributed by atoms with Gasteiger partial charge in [-0.15, -0.1) is 0 Å². The quantitative estimate of drug-likeness (QED) is 0.907. The molecule has 130 valence electrons. The van der Waals surface area contributed by atoms with Crippen molar-refractivity contribution in [2.45, 2.75) is 32.8 Å². The fourth-order valence-electron chi connectivity index (χ4n) is 2.92. The number of hydrogen-bond donors (Lipinski definition) is 1. The standard InChI is InChI=1S/C20H22N2O3/c1-3-17-20(24)22(16-9-4-5-10-18(16)25-17)12-11-19(23)21-15-8-6-7-14(2)13-15/h4-10,13,17H,3,11-12H2,1-2H3,(H,21,23). The molecule has 2 aromatic carbocycles. The van der Waals surface area contributed by atoms with Crippen LogP contribution >= 0.6 is 0 Å². The van der Waals surface area contributed by atoms with Gasteiger partial charge in [-0.1, -0.05) is 31.2 Å². The third-order valence-corrected chi connectivity index (χ3v) is 4.20. The monoisotopic (exact) mass is 338 g/mol. The number of hydrogen-bond acceptors (Lipinski definition) is 3. The minimum absolute atomic E-state index is 0.0930. The molecular weight excluding hydrogens is 316 g/mol. The molecular formula is C20H22N2O3. The zero-order chi connectivity index (χ0) is 17.8. The Hall–Kier alpha value is -2.82. The molecule has 1 aliphatic heterocycles. The summed E-state index contributed by atoms with van der Waals surface area (Å²) in [5.41, 5.74) is 2.58. The van der Waals surface area contributed by atoms with Crippen LogP contribution in [-0.2, 0) is 9.59 Å². The van der Waals surface area contributed by atoms with E-state index in [-0.39, 0.29) is 18.2 Å². The fourth-order valence-corrected chi connectivity index (χ4v) is 2.92. The molecule has 2 aromatic rings. The SMILES string of the molecule is CCC1Oc2ccccc2N(CCC(=O)Nc2cccc(C)c2)C1=O. The van der Waals surface area contributed by atoms with Gasteiger partial charge in [-0.25, -0.2) is 0 Å². The molecule has 2 amide bonds. The van der Waals surface area contributed by atoms with Crippen LogP contribution in [0, 0.1) is 6.92 Å². The highest BCUT2D eigenvalue weighted by Crippen LogP contribution is 2.34. The van der Waals surface area contributed by atoms with Crippen molar-refractivity contribution in [3.05, 3.63) is 54.1 Å². The van der Waals surface area contributed by atoms with Gasteiger partial charge in [0.25, 0.3) is 5.91 Å². The molecule has 1 heterocycles. The Balaban J connectivity index is 1.69. The maximum atomic E-state index is 12.6. The second-order valence-electron chi connectivity index (χ2n) is 6.14. The summed E-state index contributed by atoms with van der Waals surface area (Å²) in [6.45, 7) is 4.22. The van der Waals surface area contributed by atoms with Crippen molar-refractivity contribution in [1.82, 2.24) is 0 Å². The number of carbonyl (C=O) groups is 2. The number of para-hydroxylation sites is 2. The van der Waals surface area contributed by atoms with Gasteiger partial charge < -0.3 is 15.0 Å². The lowest BCUT2D eigenvalue weighted by atomic mass is 10.1. The Morgan fingerprint density at radius 3 is 2.76 bits per heavy atom. The number of benzene rings is 2. The van der Waals surface area contributed by atoms with E-state index in [2.05, 4.69) is 5.32 Å². The van der Waals surface area contributed by atoms with Gasteiger partial charge in [0.1, 0.15) is 5.75 Å². The lowest BCUT2D eigenvalue weighted by Crippen LogP contribution is -2.46. The van der Waals surface area contributed by atoms with Gasteiger partial charge in [-0.3, -0.25) is 9.59 Å². The number of nitrogens with zero attached hydrogens (tertiary/aromatic N) is 1. The maximum absolute atomic E-state index is 12.6. The molecule has 0 aliphatic carbocycles. The first-order valence-corrected chi connectivity index (χ1v) is 8.52. The van der Waals surface area contributed by atoms with Gasteiger partial charge in [-0.2, -0.15) is 0 Å². The van der Waals surface area contributed by atoms with E-state index in [0.29, 0.717) is 18.7 Å². The van der Waals surface area contributed by atoms with Crippen LogP contribution in [0.25, 0.3) is 0 Å². The lowest BCUT2D eigenvalue weighted by molar-refractivity contribution is -0.126. The second kappa shape index (κ2) is 7.38. The molecule has 5 nitrogen and oxygen atoms in total. The summed E-state index contributed by atoms with van der Waals surface area (Å²) in [7, 11) is 0. The number of rotatable bonds is 5. The van der Waals surface area contributed by atoms with Crippen LogP contribution in [-0.4, -0.2) is 24.5 Å². The summed E-state index contributed by atoms with van der Waals surface area (Å²) < 4.78 is 5.75. The van der Waals surface area contributed by atoms with Crippen molar-refractivity contribution in [1.29, 1.82) is 0 Å². The van der Waals surface area contributed by atoms with E-state index in [1.54, 1.807) is 4.90 Å². The van der Waals surface area contributed by atoms with Gasteiger partial charge in [0.2, 0.25) is 5.91 Å². The Morgan fingerprint density at radius 1 is 1.20 bits per heavy atom. The van der Waals surface area contributed by atoms with Crippen LogP contribution in [0.1, 0.15) is 25.3 Å². The van der Waals surface area contributed by atoms with Crippen LogP contribution in [0.5, 0.6) is 5.75 Å². The van der Waals surface area contributed by atoms with Gasteiger partial charge >= 0.3 is 0 Å². The summed E-state index contributed by atoms with van der Waals surface area (Å²) in [6.07, 6.45) is 0.332. The highest BCUT2D eigenvalue weighted by molar-refractivity contribution is 6.01. The third kappa shape index (κ3) is 3.82. The van der Waals surface area contributed by atoms with E-state index in [1.165, 1.54) is 0 Å². The van der Waals surface area contributed by atoms with E-state index in [4.69, 9.17) is 4.74 Å². The summed E-state index contributed by atoms with van der Waals surface area (Å²) in [5.74, 6) is 0.480. The van der Waals surface area contributed by atoms with Crippen LogP contribution in [0.4, 0.5) is 11.4 Å². The summed E-state index contributed by atoms with van der Waals surface area (Å²) >= 11 is 0. The lowest BCUT2D eigenvalue weighted by Gasteiger charge is -2.33. The number of anilines is 2. The van der Waals surface area contributed by atoms with E-state index in [9.17, 15) is 9.59 Å². The average molecular weight is 338 g/mol. The first-order valence-electron chi connectivity index (χ1n) is 8.52. The first-order chi connectivity index (χ1) is 12.1. The second-order valence-corrected chi connectivity index (χ2v) is 6.14. The van der Waals surface area contributed by atoms with E-state index >= 15 is 0 Å². The predicted molar refractivity (Wildman–Crippen MR) is 97.9 cm³/mol. The number of carbonyl (C=O) groups excluding carboxylic acids is 2. The minimum Gasteiger partial charge on any atom is -0.478 e. The molecule has 0 saturated heterocycles. The molecule has 0 fully saturated rings. The fraction of sp³-hybridized carbons (Fsp3) is 0.300. The molecule has 0 spiro atoms. The topological polar surface area (TPSA) is 58.6 Å². The normalized spacial score (nSPS) is 16.2. The van der Waals surface area contributed by atoms with Gasteiger partial charge in [0.15, 0.2) is 6.10 Å². The number of aryl methyl sites for hydroxylation is 1. The van der Waals surface area contributed by atoms with Crippen molar-refractivity contribution < 1.29 is 14.3 Å². The van der Waals surface area contributed by atoms with E-state index < -0.39 is 6.10 Å². The molecule has 25 heavy (non-hydrogen) atoms. The largest absolute Gasteiger partial charge is 0.478 e. The average Bonchev–Trinajstić information content (AvgIpc) is 2.60. The number of nitrogens with one attached hydrogen (secondary N) is 1. The molecule has 0 radical (unpaired) electrons. The molecule has 0 saturated carbocycles. The summed E-state index contributed by atoms with van der Waals surface area (Å²) in [5, 5.41) is 2.88. The molecule has 3 rings (SSSR count). The third-order valence-electron chi connectivity index (χ3n) is 4.20. The van der Waals surface area contributed by atoms with Gasteiger partial charge in [0, 0.05) is 18.7 Å². The highest BCUT2D eigenvalue weighted by Gasteiger charge is 2.33. The zero-order valence-corrected chi connectivity index (χ0v) is 14.5. The number of ether oxygens (including phenoxy) is 1. The Morgan fingerprint density at radius 2 is 2.00 bits per heavy atom. The Kier molecular flexibility index (Phi) is 5.03. The van der Waals surface area contributed by atoms with Crippen molar-refractivity contribution in [3.63, 3.8) is 0 Å². The van der Waals surface area contributed by atoms with Crippen molar-refractivity contribution in [3.8, 4) is 5.75 Å². The van der Waals surface area contributed by atoms with Gasteiger partial charge in [0.05, 0.1) is 5.69 Å². The smallest absolute Gasteiger partial charge is 0.268 e. The summed E-state index contributed by atoms with van der Waals surface area (Å²) in [4.78, 5) is 26.5. The van der Waals surface area contributed by atoms with Gasteiger partial charge in [-0.05, 0) is 43.2 Å². The highest BCUT2D eigenvalue weighted by atomic mass is 16.5. The molecule has 0 bridgehead atoms. The van der Waals surface area contributed by atoms with Crippen LogP contribution in [0.3, 0.4) is 0 Å². The minimum atomic E-state index is -0.491. The van der Waals surface area contributed by atoms with Crippen LogP contribution in [0.2, 0.25) is 0 Å². The summed E-state index contributed by atoms with van der Waals surface area (Å²) in [6, 6.07) is 15.1. The van der Waals surface area contributed by atoms with Crippen LogP contribution < -0.4 is 15.0 Å². The van der Waals surface area contributed by atoms with Crippen molar-refractivity contribution in [2.75, 3.05) is 16.8 Å². The molecule has 1 N–H and O–H groups in total. The molecule has 1 unspecified atom stereocenters. The van der Waals surface area contributed by atoms with Crippen LogP contribution in [0.15, 0.2) is 48.5 Å². The van der Waals surface area contributed by atoms with E-state index in [1.807, 2.05) is 62.4 Å².